The van der Waals surface area contributed by atoms with Gasteiger partial charge in [0.05, 0.1) is 13.5 Å². The molecule has 1 fully saturated rings. The number of ether oxygens (including phenoxy) is 3. The molecule has 1 saturated carbocycles. The van der Waals surface area contributed by atoms with E-state index in [0.717, 1.165) is 5.57 Å². The fourth-order valence-electron chi connectivity index (χ4n) is 3.61. The maximum atomic E-state index is 12.1. The van der Waals surface area contributed by atoms with E-state index in [0.29, 0.717) is 29.9 Å². The Morgan fingerprint density at radius 1 is 1.46 bits per heavy atom. The van der Waals surface area contributed by atoms with Gasteiger partial charge in [0.15, 0.2) is 11.5 Å². The van der Waals surface area contributed by atoms with Gasteiger partial charge >= 0.3 is 5.97 Å². The summed E-state index contributed by atoms with van der Waals surface area (Å²) in [5.74, 6) is 0.142. The molecule has 24 heavy (non-hydrogen) atoms. The van der Waals surface area contributed by atoms with Gasteiger partial charge in [-0.25, -0.2) is 0 Å². The molecule has 0 unspecified atom stereocenters. The van der Waals surface area contributed by atoms with Crippen molar-refractivity contribution in [2.24, 2.45) is 5.92 Å². The second-order valence-electron chi connectivity index (χ2n) is 6.19. The molecule has 1 aliphatic heterocycles. The highest BCUT2D eigenvalue weighted by molar-refractivity contribution is 5.69. The Labute approximate surface area is 139 Å². The van der Waals surface area contributed by atoms with Crippen LogP contribution in [0.1, 0.15) is 31.2 Å². The Balaban J connectivity index is 2.07. The average Bonchev–Trinajstić information content (AvgIpc) is 3.03. The first kappa shape index (κ1) is 16.3. The molecular weight excluding hydrogens is 314 g/mol. The van der Waals surface area contributed by atoms with Crippen LogP contribution in [0.4, 0.5) is 0 Å². The van der Waals surface area contributed by atoms with Gasteiger partial charge in [-0.2, -0.15) is 0 Å². The summed E-state index contributed by atoms with van der Waals surface area (Å²) in [6.07, 6.45) is 1.38. The normalized spacial score (nSPS) is 25.4. The van der Waals surface area contributed by atoms with Crippen LogP contribution >= 0.6 is 0 Å². The standard InChI is InChI=1S/C17H19NO6/c1-11-3-4-13(8-16(19)22-2)17(9-11,18(20)21)12-5-6-14-15(7-12)24-10-23-14/h5-7,13H,1,3-4,8-10H2,2H3/t13-,17-/m1/s1. The zero-order valence-corrected chi connectivity index (χ0v) is 13.4. The molecule has 1 aromatic carbocycles. The minimum Gasteiger partial charge on any atom is -0.469 e. The van der Waals surface area contributed by atoms with Crippen molar-refractivity contribution >= 4 is 5.97 Å². The van der Waals surface area contributed by atoms with Gasteiger partial charge in [0, 0.05) is 22.8 Å². The van der Waals surface area contributed by atoms with Gasteiger partial charge in [0.25, 0.3) is 5.54 Å². The number of benzene rings is 1. The molecule has 128 valence electrons. The summed E-state index contributed by atoms with van der Waals surface area (Å²) in [5.41, 5.74) is -0.0955. The lowest BCUT2D eigenvalue weighted by molar-refractivity contribution is -0.593. The van der Waals surface area contributed by atoms with Crippen molar-refractivity contribution in [2.75, 3.05) is 13.9 Å². The lowest BCUT2D eigenvalue weighted by Gasteiger charge is -2.37. The monoisotopic (exact) mass is 333 g/mol. The van der Waals surface area contributed by atoms with E-state index in [1.54, 1.807) is 18.2 Å². The van der Waals surface area contributed by atoms with Crippen molar-refractivity contribution in [2.45, 2.75) is 31.2 Å². The van der Waals surface area contributed by atoms with Crippen LogP contribution < -0.4 is 9.47 Å². The Morgan fingerprint density at radius 3 is 2.92 bits per heavy atom. The summed E-state index contributed by atoms with van der Waals surface area (Å²) < 4.78 is 15.4. The van der Waals surface area contributed by atoms with E-state index in [2.05, 4.69) is 6.58 Å². The van der Waals surface area contributed by atoms with E-state index >= 15 is 0 Å². The highest BCUT2D eigenvalue weighted by Gasteiger charge is 2.55. The molecule has 1 heterocycles. The average molecular weight is 333 g/mol. The lowest BCUT2D eigenvalue weighted by Crippen LogP contribution is -2.46. The molecule has 1 aliphatic carbocycles. The Hall–Kier alpha value is -2.57. The van der Waals surface area contributed by atoms with Crippen LogP contribution in [0.3, 0.4) is 0 Å². The van der Waals surface area contributed by atoms with E-state index < -0.39 is 17.4 Å². The predicted molar refractivity (Wildman–Crippen MR) is 84.4 cm³/mol. The molecule has 7 heteroatoms. The van der Waals surface area contributed by atoms with Crippen LogP contribution in [-0.2, 0) is 15.1 Å². The van der Waals surface area contributed by atoms with Crippen LogP contribution in [0.15, 0.2) is 30.4 Å². The van der Waals surface area contributed by atoms with Gasteiger partial charge in [-0.1, -0.05) is 12.2 Å². The summed E-state index contributed by atoms with van der Waals surface area (Å²) in [5, 5.41) is 12.1. The second kappa shape index (κ2) is 6.14. The van der Waals surface area contributed by atoms with Crippen molar-refractivity contribution in [1.82, 2.24) is 0 Å². The predicted octanol–water partition coefficient (Wildman–Crippen LogP) is 2.81. The van der Waals surface area contributed by atoms with Crippen molar-refractivity contribution in [3.63, 3.8) is 0 Å². The van der Waals surface area contributed by atoms with Crippen LogP contribution in [0.2, 0.25) is 0 Å². The van der Waals surface area contributed by atoms with Crippen molar-refractivity contribution in [3.8, 4) is 11.5 Å². The molecule has 3 rings (SSSR count). The number of fused-ring (bicyclic) bond motifs is 1. The van der Waals surface area contributed by atoms with Crippen LogP contribution in [0, 0.1) is 16.0 Å². The molecule has 7 nitrogen and oxygen atoms in total. The van der Waals surface area contributed by atoms with Crippen molar-refractivity contribution in [1.29, 1.82) is 0 Å². The Morgan fingerprint density at radius 2 is 2.21 bits per heavy atom. The molecule has 0 aromatic heterocycles. The van der Waals surface area contributed by atoms with E-state index in [9.17, 15) is 14.9 Å². The molecule has 0 bridgehead atoms. The third-order valence-electron chi connectivity index (χ3n) is 4.88. The fraction of sp³-hybridized carbons (Fsp3) is 0.471. The Bertz CT molecular complexity index is 700. The molecule has 2 atom stereocenters. The molecule has 0 amide bonds. The summed E-state index contributed by atoms with van der Waals surface area (Å²) >= 11 is 0. The van der Waals surface area contributed by atoms with E-state index in [1.165, 1.54) is 7.11 Å². The number of hydrogen-bond donors (Lipinski definition) is 0. The summed E-state index contributed by atoms with van der Waals surface area (Å²) in [6.45, 7) is 4.05. The minimum absolute atomic E-state index is 0.000792. The first-order valence-corrected chi connectivity index (χ1v) is 7.75. The molecule has 2 aliphatic rings. The quantitative estimate of drug-likeness (QED) is 0.364. The number of esters is 1. The molecule has 0 saturated heterocycles. The molecule has 0 spiro atoms. The number of hydrogen-bond acceptors (Lipinski definition) is 6. The van der Waals surface area contributed by atoms with Crippen molar-refractivity contribution < 1.29 is 23.9 Å². The van der Waals surface area contributed by atoms with Crippen molar-refractivity contribution in [3.05, 3.63) is 46.0 Å². The number of carbonyl (C=O) groups is 1. The second-order valence-corrected chi connectivity index (χ2v) is 6.19. The SMILES string of the molecule is C=C1CC[C@H](CC(=O)OC)[C@@](c2ccc3c(c2)OCO3)([N+](=O)[O-])C1. The molecule has 1 aromatic rings. The molecule has 0 N–H and O–H groups in total. The van der Waals surface area contributed by atoms with E-state index in [-0.39, 0.29) is 24.6 Å². The molecular formula is C17H19NO6. The summed E-state index contributed by atoms with van der Waals surface area (Å²) in [4.78, 5) is 23.6. The Kier molecular flexibility index (Phi) is 4.17. The number of carbonyl (C=O) groups excluding carboxylic acids is 1. The van der Waals surface area contributed by atoms with Gasteiger partial charge in [-0.15, -0.1) is 0 Å². The van der Waals surface area contributed by atoms with E-state index in [4.69, 9.17) is 14.2 Å². The summed E-state index contributed by atoms with van der Waals surface area (Å²) in [6, 6.07) is 5.00. The first-order chi connectivity index (χ1) is 11.5. The van der Waals surface area contributed by atoms with Gasteiger partial charge in [-0.05, 0) is 31.0 Å². The van der Waals surface area contributed by atoms with Gasteiger partial charge in [0.2, 0.25) is 6.79 Å². The fourth-order valence-corrected chi connectivity index (χ4v) is 3.61. The first-order valence-electron chi connectivity index (χ1n) is 7.75. The summed E-state index contributed by atoms with van der Waals surface area (Å²) in [7, 11) is 1.29. The lowest BCUT2D eigenvalue weighted by atomic mass is 9.66. The largest absolute Gasteiger partial charge is 0.469 e. The van der Waals surface area contributed by atoms with Crippen LogP contribution in [-0.4, -0.2) is 24.8 Å². The topological polar surface area (TPSA) is 87.9 Å². The number of methoxy groups -OCH3 is 1. The third kappa shape index (κ3) is 2.60. The maximum absolute atomic E-state index is 12.1. The van der Waals surface area contributed by atoms with Crippen LogP contribution in [0.25, 0.3) is 0 Å². The highest BCUT2D eigenvalue weighted by Crippen LogP contribution is 2.49. The smallest absolute Gasteiger partial charge is 0.306 e. The third-order valence-corrected chi connectivity index (χ3v) is 4.88. The number of nitro groups is 1. The zero-order chi connectivity index (χ0) is 17.3. The van der Waals surface area contributed by atoms with Gasteiger partial charge in [-0.3, -0.25) is 14.9 Å². The maximum Gasteiger partial charge on any atom is 0.306 e. The number of nitrogens with zero attached hydrogens (tertiary/aromatic N) is 1. The van der Waals surface area contributed by atoms with Gasteiger partial charge in [0.1, 0.15) is 0 Å². The zero-order valence-electron chi connectivity index (χ0n) is 13.4. The minimum atomic E-state index is -1.41. The van der Waals surface area contributed by atoms with E-state index in [1.807, 2.05) is 0 Å². The molecule has 0 radical (unpaired) electrons. The highest BCUT2D eigenvalue weighted by atomic mass is 16.7. The van der Waals surface area contributed by atoms with Gasteiger partial charge < -0.3 is 14.2 Å². The number of rotatable bonds is 4. The van der Waals surface area contributed by atoms with Crippen LogP contribution in [0.5, 0.6) is 11.5 Å².